The molecule has 2 aromatic carbocycles. The van der Waals surface area contributed by atoms with Crippen molar-refractivity contribution >= 4 is 5.97 Å². The number of hydrogen-bond acceptors (Lipinski definition) is 1. The van der Waals surface area contributed by atoms with Crippen LogP contribution in [0.3, 0.4) is 0 Å². The van der Waals surface area contributed by atoms with Crippen molar-refractivity contribution in [2.24, 2.45) is 11.8 Å². The molecule has 2 nitrogen and oxygen atoms in total. The molecular weight excluding hydrogens is 284 g/mol. The number of carbonyl (C=O) groups is 1. The normalized spacial score (nSPS) is 31.4. The molecule has 4 atom stereocenters. The van der Waals surface area contributed by atoms with Crippen LogP contribution in [0, 0.1) is 18.8 Å². The molecule has 0 spiro atoms. The Morgan fingerprint density at radius 3 is 2.48 bits per heavy atom. The first kappa shape index (κ1) is 14.3. The van der Waals surface area contributed by atoms with Gasteiger partial charge in [0.05, 0.1) is 5.92 Å². The SMILES string of the molecule is Cc1ccccc1C12C=CC(C1)C(c1ccccc1)C2C(=O)O. The first-order valence-electron chi connectivity index (χ1n) is 8.17. The van der Waals surface area contributed by atoms with E-state index in [4.69, 9.17) is 0 Å². The van der Waals surface area contributed by atoms with E-state index < -0.39 is 11.9 Å². The van der Waals surface area contributed by atoms with Crippen LogP contribution >= 0.6 is 0 Å². The average Bonchev–Trinajstić information content (AvgIpc) is 3.13. The molecule has 116 valence electrons. The highest BCUT2D eigenvalue weighted by Crippen LogP contribution is 2.61. The van der Waals surface area contributed by atoms with Crippen molar-refractivity contribution in [1.29, 1.82) is 0 Å². The molecule has 1 N–H and O–H groups in total. The fourth-order valence-electron chi connectivity index (χ4n) is 4.82. The standard InChI is InChI=1S/C21H20O2/c1-14-7-5-6-10-17(14)21-12-11-16(13-21)18(19(21)20(22)23)15-8-3-2-4-9-15/h2-12,16,18-19H,13H2,1H3,(H,22,23). The third kappa shape index (κ3) is 1.98. The minimum absolute atomic E-state index is 0.0540. The van der Waals surface area contributed by atoms with Gasteiger partial charge in [-0.25, -0.2) is 0 Å². The quantitative estimate of drug-likeness (QED) is 0.858. The minimum Gasteiger partial charge on any atom is -0.481 e. The molecule has 2 aliphatic carbocycles. The lowest BCUT2D eigenvalue weighted by molar-refractivity contribution is -0.143. The van der Waals surface area contributed by atoms with Crippen molar-refractivity contribution < 1.29 is 9.90 Å². The van der Waals surface area contributed by atoms with Gasteiger partial charge in [0, 0.05) is 11.3 Å². The van der Waals surface area contributed by atoms with Crippen LogP contribution in [0.1, 0.15) is 29.0 Å². The fraction of sp³-hybridized carbons (Fsp3) is 0.286. The maximum atomic E-state index is 12.2. The molecule has 0 heterocycles. The fourth-order valence-corrected chi connectivity index (χ4v) is 4.82. The van der Waals surface area contributed by atoms with Gasteiger partial charge in [-0.2, -0.15) is 0 Å². The summed E-state index contributed by atoms with van der Waals surface area (Å²) in [7, 11) is 0. The Hall–Kier alpha value is -2.35. The highest BCUT2D eigenvalue weighted by atomic mass is 16.4. The number of aliphatic carboxylic acids is 1. The Kier molecular flexibility index (Phi) is 3.15. The van der Waals surface area contributed by atoms with Gasteiger partial charge in [-0.3, -0.25) is 4.79 Å². The minimum atomic E-state index is -0.686. The second kappa shape index (κ2) is 5.09. The zero-order chi connectivity index (χ0) is 16.0. The molecule has 1 saturated carbocycles. The summed E-state index contributed by atoms with van der Waals surface area (Å²) in [5.74, 6) is -0.730. The topological polar surface area (TPSA) is 37.3 Å². The Labute approximate surface area is 136 Å². The molecule has 2 aromatic rings. The zero-order valence-corrected chi connectivity index (χ0v) is 13.1. The van der Waals surface area contributed by atoms with Gasteiger partial charge in [-0.1, -0.05) is 66.7 Å². The van der Waals surface area contributed by atoms with E-state index in [2.05, 4.69) is 43.3 Å². The molecule has 0 aromatic heterocycles. The summed E-state index contributed by atoms with van der Waals surface area (Å²) in [6.07, 6.45) is 5.30. The second-order valence-electron chi connectivity index (χ2n) is 6.83. The van der Waals surface area contributed by atoms with E-state index in [0.29, 0.717) is 5.92 Å². The monoisotopic (exact) mass is 304 g/mol. The van der Waals surface area contributed by atoms with E-state index in [-0.39, 0.29) is 11.3 Å². The number of benzene rings is 2. The van der Waals surface area contributed by atoms with Crippen molar-refractivity contribution in [1.82, 2.24) is 0 Å². The summed E-state index contributed by atoms with van der Waals surface area (Å²) < 4.78 is 0. The molecule has 23 heavy (non-hydrogen) atoms. The van der Waals surface area contributed by atoms with Gasteiger partial charge in [-0.05, 0) is 36.0 Å². The van der Waals surface area contributed by atoms with Crippen molar-refractivity contribution in [2.45, 2.75) is 24.7 Å². The molecule has 0 radical (unpaired) electrons. The Morgan fingerprint density at radius 2 is 1.78 bits per heavy atom. The van der Waals surface area contributed by atoms with Crippen LogP contribution in [0.2, 0.25) is 0 Å². The highest BCUT2D eigenvalue weighted by molar-refractivity contribution is 5.77. The third-order valence-corrected chi connectivity index (χ3v) is 5.69. The van der Waals surface area contributed by atoms with Gasteiger partial charge in [0.25, 0.3) is 0 Å². The van der Waals surface area contributed by atoms with Gasteiger partial charge in [0.2, 0.25) is 0 Å². The number of aryl methyl sites for hydroxylation is 1. The van der Waals surface area contributed by atoms with Crippen LogP contribution in [0.15, 0.2) is 66.7 Å². The Bertz CT molecular complexity index is 777. The third-order valence-electron chi connectivity index (χ3n) is 5.69. The number of hydrogen-bond donors (Lipinski definition) is 1. The van der Waals surface area contributed by atoms with Crippen LogP contribution in [0.5, 0.6) is 0 Å². The summed E-state index contributed by atoms with van der Waals surface area (Å²) >= 11 is 0. The average molecular weight is 304 g/mol. The number of carboxylic acids is 1. The highest BCUT2D eigenvalue weighted by Gasteiger charge is 2.59. The van der Waals surface area contributed by atoms with E-state index >= 15 is 0 Å². The van der Waals surface area contributed by atoms with E-state index in [1.54, 1.807) is 0 Å². The molecule has 4 rings (SSSR count). The number of fused-ring (bicyclic) bond motifs is 2. The summed E-state index contributed by atoms with van der Waals surface area (Å²) in [6, 6.07) is 18.4. The van der Waals surface area contributed by atoms with E-state index in [0.717, 1.165) is 12.0 Å². The Balaban J connectivity index is 1.88. The predicted octanol–water partition coefficient (Wildman–Crippen LogP) is 4.31. The van der Waals surface area contributed by atoms with Gasteiger partial charge in [-0.15, -0.1) is 0 Å². The summed E-state index contributed by atoms with van der Waals surface area (Å²) in [4.78, 5) is 12.2. The van der Waals surface area contributed by atoms with Crippen LogP contribution in [0.25, 0.3) is 0 Å². The van der Waals surface area contributed by atoms with Crippen LogP contribution < -0.4 is 0 Å². The maximum absolute atomic E-state index is 12.2. The molecule has 0 aliphatic heterocycles. The van der Waals surface area contributed by atoms with Crippen molar-refractivity contribution in [3.8, 4) is 0 Å². The summed E-state index contributed by atoms with van der Waals surface area (Å²) in [5.41, 5.74) is 3.12. The number of rotatable bonds is 3. The Morgan fingerprint density at radius 1 is 1.09 bits per heavy atom. The molecule has 2 heteroatoms. The van der Waals surface area contributed by atoms with Crippen molar-refractivity contribution in [3.05, 3.63) is 83.4 Å². The lowest BCUT2D eigenvalue weighted by Crippen LogP contribution is -2.37. The van der Waals surface area contributed by atoms with Gasteiger partial charge < -0.3 is 5.11 Å². The molecule has 4 unspecified atom stereocenters. The smallest absolute Gasteiger partial charge is 0.308 e. The zero-order valence-electron chi connectivity index (χ0n) is 13.1. The molecule has 0 amide bonds. The molecule has 1 fully saturated rings. The molecule has 2 aliphatic rings. The van der Waals surface area contributed by atoms with Crippen molar-refractivity contribution in [3.63, 3.8) is 0 Å². The van der Waals surface area contributed by atoms with Gasteiger partial charge in [0.1, 0.15) is 0 Å². The maximum Gasteiger partial charge on any atom is 0.308 e. The van der Waals surface area contributed by atoms with Gasteiger partial charge >= 0.3 is 5.97 Å². The lowest BCUT2D eigenvalue weighted by Gasteiger charge is -2.35. The van der Waals surface area contributed by atoms with E-state index in [1.165, 1.54) is 11.1 Å². The second-order valence-corrected chi connectivity index (χ2v) is 6.83. The van der Waals surface area contributed by atoms with E-state index in [9.17, 15) is 9.90 Å². The van der Waals surface area contributed by atoms with Crippen LogP contribution in [0.4, 0.5) is 0 Å². The molecule has 2 bridgehead atoms. The molecular formula is C21H20O2. The summed E-state index contributed by atoms with van der Waals surface area (Å²) in [6.45, 7) is 2.08. The van der Waals surface area contributed by atoms with Crippen LogP contribution in [-0.4, -0.2) is 11.1 Å². The first-order chi connectivity index (χ1) is 11.1. The predicted molar refractivity (Wildman–Crippen MR) is 90.4 cm³/mol. The number of allylic oxidation sites excluding steroid dienone is 2. The largest absolute Gasteiger partial charge is 0.481 e. The summed E-state index contributed by atoms with van der Waals surface area (Å²) in [5, 5.41) is 10.1. The van der Waals surface area contributed by atoms with E-state index in [1.807, 2.05) is 30.3 Å². The van der Waals surface area contributed by atoms with Crippen LogP contribution in [-0.2, 0) is 10.2 Å². The van der Waals surface area contributed by atoms with Crippen molar-refractivity contribution in [2.75, 3.05) is 0 Å². The number of carboxylic acid groups (broad SMARTS) is 1. The first-order valence-corrected chi connectivity index (χ1v) is 8.17. The molecule has 0 saturated heterocycles. The lowest BCUT2D eigenvalue weighted by atomic mass is 9.67. The van der Waals surface area contributed by atoms with Gasteiger partial charge in [0.15, 0.2) is 0 Å².